The average Bonchev–Trinajstić information content (AvgIpc) is 3.20. The molecule has 0 N–H and O–H groups in total. The topological polar surface area (TPSA) is 55.8 Å². The smallest absolute Gasteiger partial charge is 0.410 e. The molecule has 2 heterocycles. The third kappa shape index (κ3) is 3.86. The summed E-state index contributed by atoms with van der Waals surface area (Å²) in [6, 6.07) is 24.1. The predicted octanol–water partition coefficient (Wildman–Crippen LogP) is 5.69. The Balaban J connectivity index is 1.22. The number of hydrogen-bond acceptors (Lipinski definition) is 4. The van der Waals surface area contributed by atoms with Crippen LogP contribution in [0.3, 0.4) is 0 Å². The van der Waals surface area contributed by atoms with E-state index in [1.807, 2.05) is 41.3 Å². The number of ketones is 1. The normalized spacial score (nSPS) is 20.6. The number of amides is 1. The van der Waals surface area contributed by atoms with Crippen molar-refractivity contribution in [2.24, 2.45) is 0 Å². The maximum absolute atomic E-state index is 13.4. The summed E-state index contributed by atoms with van der Waals surface area (Å²) in [6.07, 6.45) is 2.47. The molecule has 2 atom stereocenters. The number of carbonyl (C=O) groups excluding carboxylic acids is 2. The lowest BCUT2D eigenvalue weighted by Gasteiger charge is -2.44. The molecule has 0 aromatic heterocycles. The van der Waals surface area contributed by atoms with E-state index in [9.17, 15) is 9.59 Å². The van der Waals surface area contributed by atoms with Crippen molar-refractivity contribution < 1.29 is 19.1 Å². The minimum atomic E-state index is -0.294. The van der Waals surface area contributed by atoms with Crippen molar-refractivity contribution in [2.45, 2.75) is 31.3 Å². The SMILES string of the molecule is CC(=O)c1cccc(C2=CC3COCC(C2)N3C(=O)OCC2c3ccccc3-c3ccccc32)c1. The third-order valence-corrected chi connectivity index (χ3v) is 7.39. The van der Waals surface area contributed by atoms with Crippen LogP contribution < -0.4 is 0 Å². The van der Waals surface area contributed by atoms with Crippen molar-refractivity contribution in [3.05, 3.63) is 101 Å². The van der Waals surface area contributed by atoms with Crippen LogP contribution in [0.15, 0.2) is 78.9 Å². The van der Waals surface area contributed by atoms with E-state index in [-0.39, 0.29) is 29.9 Å². The lowest BCUT2D eigenvalue weighted by Crippen LogP contribution is -2.56. The van der Waals surface area contributed by atoms with Crippen molar-refractivity contribution >= 4 is 17.4 Å². The third-order valence-electron chi connectivity index (χ3n) is 7.39. The second-order valence-electron chi connectivity index (χ2n) is 9.50. The molecule has 1 saturated heterocycles. The summed E-state index contributed by atoms with van der Waals surface area (Å²) < 4.78 is 11.8. The molecule has 2 aliphatic heterocycles. The highest BCUT2D eigenvalue weighted by atomic mass is 16.6. The molecule has 5 heteroatoms. The fourth-order valence-corrected chi connectivity index (χ4v) is 5.70. The van der Waals surface area contributed by atoms with Crippen LogP contribution in [-0.2, 0) is 9.47 Å². The van der Waals surface area contributed by atoms with E-state index in [2.05, 4.69) is 42.5 Å². The first kappa shape index (κ1) is 21.8. The average molecular weight is 466 g/mol. The van der Waals surface area contributed by atoms with Gasteiger partial charge in [-0.3, -0.25) is 9.69 Å². The molecule has 5 nitrogen and oxygen atoms in total. The van der Waals surface area contributed by atoms with Crippen LogP contribution in [0.25, 0.3) is 16.7 Å². The summed E-state index contributed by atoms with van der Waals surface area (Å²) in [7, 11) is 0. The van der Waals surface area contributed by atoms with Crippen molar-refractivity contribution in [3.63, 3.8) is 0 Å². The Bertz CT molecular complexity index is 1300. The lowest BCUT2D eigenvalue weighted by molar-refractivity contribution is -0.0331. The Morgan fingerprint density at radius 3 is 2.34 bits per heavy atom. The van der Waals surface area contributed by atoms with Crippen LogP contribution in [0, 0.1) is 0 Å². The van der Waals surface area contributed by atoms with Gasteiger partial charge in [-0.1, -0.05) is 72.8 Å². The van der Waals surface area contributed by atoms with Crippen molar-refractivity contribution in [1.29, 1.82) is 0 Å². The Morgan fingerprint density at radius 2 is 1.66 bits per heavy atom. The van der Waals surface area contributed by atoms with Crippen LogP contribution in [0.5, 0.6) is 0 Å². The fraction of sp³-hybridized carbons (Fsp3) is 0.267. The van der Waals surface area contributed by atoms with Gasteiger partial charge in [0.15, 0.2) is 5.78 Å². The molecule has 176 valence electrons. The molecule has 35 heavy (non-hydrogen) atoms. The minimum Gasteiger partial charge on any atom is -0.448 e. The van der Waals surface area contributed by atoms with E-state index < -0.39 is 0 Å². The molecule has 1 amide bonds. The van der Waals surface area contributed by atoms with E-state index in [4.69, 9.17) is 9.47 Å². The Kier molecular flexibility index (Phi) is 5.50. The molecule has 0 spiro atoms. The highest BCUT2D eigenvalue weighted by Gasteiger charge is 2.40. The molecule has 2 unspecified atom stereocenters. The first-order valence-corrected chi connectivity index (χ1v) is 12.1. The molecule has 1 aliphatic carbocycles. The number of fused-ring (bicyclic) bond motifs is 5. The molecule has 1 fully saturated rings. The van der Waals surface area contributed by atoms with E-state index in [0.29, 0.717) is 31.8 Å². The van der Waals surface area contributed by atoms with Gasteiger partial charge in [0.25, 0.3) is 0 Å². The molecule has 3 aliphatic rings. The number of morpholine rings is 1. The second kappa shape index (κ2) is 8.82. The van der Waals surface area contributed by atoms with E-state index in [1.54, 1.807) is 6.92 Å². The Morgan fingerprint density at radius 1 is 0.943 bits per heavy atom. The van der Waals surface area contributed by atoms with E-state index in [1.165, 1.54) is 22.3 Å². The molecular formula is C30H27NO4. The van der Waals surface area contributed by atoms with Gasteiger partial charge in [0.05, 0.1) is 25.3 Å². The van der Waals surface area contributed by atoms with Crippen LogP contribution in [0.1, 0.15) is 46.3 Å². The van der Waals surface area contributed by atoms with Gasteiger partial charge in [-0.2, -0.15) is 0 Å². The Hall–Kier alpha value is -3.70. The Labute approximate surface area is 205 Å². The molecule has 3 aromatic carbocycles. The van der Waals surface area contributed by atoms with Crippen molar-refractivity contribution in [3.8, 4) is 11.1 Å². The number of carbonyl (C=O) groups is 2. The summed E-state index contributed by atoms with van der Waals surface area (Å²) in [5.41, 5.74) is 7.72. The molecule has 3 aromatic rings. The summed E-state index contributed by atoms with van der Waals surface area (Å²) in [5, 5.41) is 0. The van der Waals surface area contributed by atoms with Gasteiger partial charge in [-0.25, -0.2) is 4.79 Å². The van der Waals surface area contributed by atoms with Crippen molar-refractivity contribution in [2.75, 3.05) is 19.8 Å². The second-order valence-corrected chi connectivity index (χ2v) is 9.50. The standard InChI is InChI=1S/C30H27NO4/c1-19(32)20-7-6-8-21(13-20)22-14-23-16-34-17-24(15-22)31(23)30(33)35-18-29-27-11-4-2-9-25(27)26-10-3-5-12-28(26)29/h2-14,23-24,29H,15-18H2,1H3. The number of rotatable bonds is 4. The van der Waals surface area contributed by atoms with Crippen molar-refractivity contribution in [1.82, 2.24) is 4.90 Å². The van der Waals surface area contributed by atoms with Crippen LogP contribution in [-0.4, -0.2) is 48.7 Å². The fourth-order valence-electron chi connectivity index (χ4n) is 5.70. The number of hydrogen-bond donors (Lipinski definition) is 0. The van der Waals surface area contributed by atoms with Crippen LogP contribution in [0.4, 0.5) is 4.79 Å². The monoisotopic (exact) mass is 465 g/mol. The molecule has 6 rings (SSSR count). The highest BCUT2D eigenvalue weighted by molar-refractivity contribution is 5.95. The largest absolute Gasteiger partial charge is 0.448 e. The highest BCUT2D eigenvalue weighted by Crippen LogP contribution is 2.44. The summed E-state index contributed by atoms with van der Waals surface area (Å²) in [6.45, 7) is 2.80. The molecule has 0 radical (unpaired) electrons. The zero-order valence-electron chi connectivity index (χ0n) is 19.6. The maximum Gasteiger partial charge on any atom is 0.410 e. The van der Waals surface area contributed by atoms with Gasteiger partial charge in [-0.15, -0.1) is 0 Å². The summed E-state index contributed by atoms with van der Waals surface area (Å²) >= 11 is 0. The first-order chi connectivity index (χ1) is 17.1. The zero-order valence-corrected chi connectivity index (χ0v) is 19.6. The maximum atomic E-state index is 13.4. The molecule has 0 saturated carbocycles. The van der Waals surface area contributed by atoms with Gasteiger partial charge in [0.1, 0.15) is 6.61 Å². The van der Waals surface area contributed by atoms with Gasteiger partial charge in [-0.05, 0) is 52.8 Å². The van der Waals surface area contributed by atoms with E-state index in [0.717, 1.165) is 11.1 Å². The van der Waals surface area contributed by atoms with Crippen LogP contribution in [0.2, 0.25) is 0 Å². The van der Waals surface area contributed by atoms with Gasteiger partial charge in [0.2, 0.25) is 0 Å². The lowest BCUT2D eigenvalue weighted by atomic mass is 9.89. The van der Waals surface area contributed by atoms with Gasteiger partial charge < -0.3 is 9.47 Å². The molecular weight excluding hydrogens is 438 g/mol. The summed E-state index contributed by atoms with van der Waals surface area (Å²) in [5.74, 6) is 0.0831. The number of Topliss-reactive ketones (excluding diaryl/α,β-unsaturated/α-hetero) is 1. The minimum absolute atomic E-state index is 0.0349. The summed E-state index contributed by atoms with van der Waals surface area (Å²) in [4.78, 5) is 27.0. The van der Waals surface area contributed by atoms with E-state index >= 15 is 0 Å². The number of benzene rings is 3. The van der Waals surface area contributed by atoms with Gasteiger partial charge in [0, 0.05) is 11.5 Å². The first-order valence-electron chi connectivity index (χ1n) is 12.1. The predicted molar refractivity (Wildman–Crippen MR) is 134 cm³/mol. The number of ether oxygens (including phenoxy) is 2. The quantitative estimate of drug-likeness (QED) is 0.464. The van der Waals surface area contributed by atoms with Crippen LogP contribution >= 0.6 is 0 Å². The molecule has 2 bridgehead atoms. The van der Waals surface area contributed by atoms with Gasteiger partial charge >= 0.3 is 6.09 Å². The number of nitrogens with zero attached hydrogens (tertiary/aromatic N) is 1. The zero-order chi connectivity index (χ0) is 23.9.